The van der Waals surface area contributed by atoms with Crippen molar-refractivity contribution < 1.29 is 9.90 Å². The highest BCUT2D eigenvalue weighted by Crippen LogP contribution is 2.22. The number of nitrogens with zero attached hydrogens (tertiary/aromatic N) is 2. The van der Waals surface area contributed by atoms with Gasteiger partial charge < -0.3 is 10.0 Å². The zero-order valence-electron chi connectivity index (χ0n) is 11.1. The van der Waals surface area contributed by atoms with E-state index in [1.54, 1.807) is 18.9 Å². The lowest BCUT2D eigenvalue weighted by Gasteiger charge is -2.18. The number of aliphatic hydroxyl groups excluding tert-OH is 1. The summed E-state index contributed by atoms with van der Waals surface area (Å²) in [4.78, 5) is 13.9. The summed E-state index contributed by atoms with van der Waals surface area (Å²) in [6.07, 6.45) is 4.44. The number of aromatic nitrogens is 2. The van der Waals surface area contributed by atoms with Crippen LogP contribution >= 0.6 is 0 Å². The van der Waals surface area contributed by atoms with Gasteiger partial charge in [-0.3, -0.25) is 9.89 Å². The van der Waals surface area contributed by atoms with Crippen molar-refractivity contribution in [3.05, 3.63) is 17.0 Å². The zero-order chi connectivity index (χ0) is 13.1. The number of carbonyl (C=O) groups is 1. The molecule has 1 heterocycles. The molecule has 2 N–H and O–H groups in total. The first-order valence-electron chi connectivity index (χ1n) is 6.59. The van der Waals surface area contributed by atoms with Gasteiger partial charge in [0.25, 0.3) is 5.91 Å². The molecule has 0 radical (unpaired) electrons. The summed E-state index contributed by atoms with van der Waals surface area (Å²) >= 11 is 0. The largest absolute Gasteiger partial charge is 0.393 e. The summed E-state index contributed by atoms with van der Waals surface area (Å²) < 4.78 is 0. The molecule has 1 aliphatic carbocycles. The predicted octanol–water partition coefficient (Wildman–Crippen LogP) is 1.13. The number of hydrogen-bond donors (Lipinski definition) is 2. The van der Waals surface area contributed by atoms with E-state index in [0.717, 1.165) is 30.5 Å². The van der Waals surface area contributed by atoms with Crippen LogP contribution < -0.4 is 0 Å². The number of hydrogen-bond acceptors (Lipinski definition) is 3. The second-order valence-corrected chi connectivity index (χ2v) is 5.10. The van der Waals surface area contributed by atoms with Crippen LogP contribution in [0.5, 0.6) is 0 Å². The topological polar surface area (TPSA) is 69.2 Å². The van der Waals surface area contributed by atoms with Crippen LogP contribution in [0.15, 0.2) is 0 Å². The maximum Gasteiger partial charge on any atom is 0.274 e. The molecule has 2 rings (SSSR count). The van der Waals surface area contributed by atoms with Crippen molar-refractivity contribution in [3.63, 3.8) is 0 Å². The van der Waals surface area contributed by atoms with Crippen LogP contribution in [0, 0.1) is 0 Å². The minimum Gasteiger partial charge on any atom is -0.393 e. The second-order valence-electron chi connectivity index (χ2n) is 5.10. The number of aromatic amines is 1. The molecule has 5 nitrogen and oxygen atoms in total. The predicted molar refractivity (Wildman–Crippen MR) is 68.5 cm³/mol. The Hall–Kier alpha value is -1.36. The van der Waals surface area contributed by atoms with Crippen molar-refractivity contribution in [2.24, 2.45) is 0 Å². The van der Waals surface area contributed by atoms with Gasteiger partial charge in [-0.2, -0.15) is 5.10 Å². The average Bonchev–Trinajstić information content (AvgIpc) is 2.78. The van der Waals surface area contributed by atoms with Crippen molar-refractivity contribution in [1.29, 1.82) is 0 Å². The number of aliphatic hydroxyl groups is 1. The molecule has 100 valence electrons. The molecule has 0 saturated heterocycles. The van der Waals surface area contributed by atoms with E-state index < -0.39 is 0 Å². The van der Waals surface area contributed by atoms with Crippen LogP contribution in [-0.2, 0) is 12.8 Å². The van der Waals surface area contributed by atoms with Crippen molar-refractivity contribution in [1.82, 2.24) is 15.1 Å². The summed E-state index contributed by atoms with van der Waals surface area (Å²) in [5, 5.41) is 16.4. The smallest absolute Gasteiger partial charge is 0.274 e. The third-order valence-corrected chi connectivity index (χ3v) is 3.49. The van der Waals surface area contributed by atoms with Gasteiger partial charge in [-0.05, 0) is 39.0 Å². The third-order valence-electron chi connectivity index (χ3n) is 3.49. The molecular formula is C13H21N3O2. The quantitative estimate of drug-likeness (QED) is 0.843. The molecule has 1 amide bonds. The first-order chi connectivity index (χ1) is 8.59. The first kappa shape index (κ1) is 13.1. The number of amides is 1. The SMILES string of the molecule is CC(O)CCN(C)C(=O)c1n[nH]c2c1CCCC2. The standard InChI is InChI=1S/C13H21N3O2/c1-9(17)7-8-16(2)13(18)12-10-5-3-4-6-11(10)14-15-12/h9,17H,3-8H2,1-2H3,(H,14,15). The van der Waals surface area contributed by atoms with Gasteiger partial charge in [-0.1, -0.05) is 0 Å². The Kier molecular flexibility index (Phi) is 4.01. The number of fused-ring (bicyclic) bond motifs is 1. The Labute approximate surface area is 107 Å². The maximum absolute atomic E-state index is 12.3. The van der Waals surface area contributed by atoms with Gasteiger partial charge in [-0.25, -0.2) is 0 Å². The lowest BCUT2D eigenvalue weighted by molar-refractivity contribution is 0.0762. The molecule has 1 atom stereocenters. The summed E-state index contributed by atoms with van der Waals surface area (Å²) in [7, 11) is 1.76. The number of aryl methyl sites for hydroxylation is 1. The van der Waals surface area contributed by atoms with Crippen molar-refractivity contribution in [2.75, 3.05) is 13.6 Å². The fourth-order valence-electron chi connectivity index (χ4n) is 2.32. The number of nitrogens with one attached hydrogen (secondary N) is 1. The van der Waals surface area contributed by atoms with Gasteiger partial charge in [0.05, 0.1) is 6.10 Å². The first-order valence-corrected chi connectivity index (χ1v) is 6.59. The van der Waals surface area contributed by atoms with Crippen molar-refractivity contribution >= 4 is 5.91 Å². The van der Waals surface area contributed by atoms with Gasteiger partial charge in [0.15, 0.2) is 5.69 Å². The summed E-state index contributed by atoms with van der Waals surface area (Å²) in [5.41, 5.74) is 2.78. The Bertz CT molecular complexity index is 426. The van der Waals surface area contributed by atoms with E-state index in [1.165, 1.54) is 6.42 Å². The van der Waals surface area contributed by atoms with E-state index in [9.17, 15) is 9.90 Å². The summed E-state index contributed by atoms with van der Waals surface area (Å²) in [6.45, 7) is 2.28. The lowest BCUT2D eigenvalue weighted by Crippen LogP contribution is -2.30. The molecule has 0 bridgehead atoms. The molecule has 18 heavy (non-hydrogen) atoms. The summed E-state index contributed by atoms with van der Waals surface area (Å²) in [6, 6.07) is 0. The monoisotopic (exact) mass is 251 g/mol. The van der Waals surface area contributed by atoms with E-state index in [0.29, 0.717) is 18.7 Å². The molecule has 0 fully saturated rings. The Morgan fingerprint density at radius 1 is 1.50 bits per heavy atom. The van der Waals surface area contributed by atoms with Crippen LogP contribution in [0.2, 0.25) is 0 Å². The third kappa shape index (κ3) is 2.72. The van der Waals surface area contributed by atoms with Crippen LogP contribution in [-0.4, -0.2) is 45.8 Å². The number of rotatable bonds is 4. The Morgan fingerprint density at radius 2 is 2.22 bits per heavy atom. The molecular weight excluding hydrogens is 230 g/mol. The van der Waals surface area contributed by atoms with Crippen LogP contribution in [0.1, 0.15) is 47.9 Å². The lowest BCUT2D eigenvalue weighted by atomic mass is 9.95. The number of carbonyl (C=O) groups excluding carboxylic acids is 1. The molecule has 0 aromatic carbocycles. The zero-order valence-corrected chi connectivity index (χ0v) is 11.1. The second kappa shape index (κ2) is 5.52. The van der Waals surface area contributed by atoms with E-state index in [2.05, 4.69) is 10.2 Å². The Morgan fingerprint density at radius 3 is 2.94 bits per heavy atom. The van der Waals surface area contributed by atoms with Crippen molar-refractivity contribution in [3.8, 4) is 0 Å². The molecule has 1 aliphatic rings. The van der Waals surface area contributed by atoms with E-state index in [4.69, 9.17) is 0 Å². The molecule has 0 spiro atoms. The van der Waals surface area contributed by atoms with Crippen LogP contribution in [0.25, 0.3) is 0 Å². The molecule has 1 unspecified atom stereocenters. The highest BCUT2D eigenvalue weighted by atomic mass is 16.3. The van der Waals surface area contributed by atoms with E-state index >= 15 is 0 Å². The molecule has 1 aromatic heterocycles. The fraction of sp³-hybridized carbons (Fsp3) is 0.692. The minimum absolute atomic E-state index is 0.0462. The average molecular weight is 251 g/mol. The van der Waals surface area contributed by atoms with Crippen molar-refractivity contribution in [2.45, 2.75) is 45.1 Å². The van der Waals surface area contributed by atoms with Crippen LogP contribution in [0.3, 0.4) is 0 Å². The maximum atomic E-state index is 12.3. The van der Waals surface area contributed by atoms with Gasteiger partial charge in [-0.15, -0.1) is 0 Å². The van der Waals surface area contributed by atoms with E-state index in [1.807, 2.05) is 0 Å². The van der Waals surface area contributed by atoms with Gasteiger partial charge in [0, 0.05) is 24.8 Å². The van der Waals surface area contributed by atoms with Gasteiger partial charge in [0.1, 0.15) is 0 Å². The minimum atomic E-state index is -0.381. The highest BCUT2D eigenvalue weighted by Gasteiger charge is 2.23. The summed E-state index contributed by atoms with van der Waals surface area (Å²) in [5.74, 6) is -0.0462. The number of H-pyrrole nitrogens is 1. The molecule has 0 aliphatic heterocycles. The van der Waals surface area contributed by atoms with Gasteiger partial charge in [0.2, 0.25) is 0 Å². The molecule has 1 aromatic rings. The normalized spacial score (nSPS) is 16.2. The van der Waals surface area contributed by atoms with Crippen LogP contribution in [0.4, 0.5) is 0 Å². The van der Waals surface area contributed by atoms with E-state index in [-0.39, 0.29) is 12.0 Å². The molecule has 5 heteroatoms. The van der Waals surface area contributed by atoms with Gasteiger partial charge >= 0.3 is 0 Å². The fourth-order valence-corrected chi connectivity index (χ4v) is 2.32. The molecule has 0 saturated carbocycles. The highest BCUT2D eigenvalue weighted by molar-refractivity contribution is 5.93. The Balaban J connectivity index is 2.06.